The molecule has 0 unspecified atom stereocenters. The van der Waals surface area contributed by atoms with E-state index in [0.29, 0.717) is 18.0 Å². The third-order valence-corrected chi connectivity index (χ3v) is 5.43. The minimum absolute atomic E-state index is 0.0477. The maximum atomic E-state index is 13.8. The number of para-hydroxylation sites is 1. The Labute approximate surface area is 170 Å². The van der Waals surface area contributed by atoms with E-state index in [4.69, 9.17) is 9.47 Å². The van der Waals surface area contributed by atoms with Gasteiger partial charge in [-0.15, -0.1) is 0 Å². The number of nitrogens with zero attached hydrogens (tertiary/aromatic N) is 1. The van der Waals surface area contributed by atoms with Crippen LogP contribution in [0.2, 0.25) is 0 Å². The van der Waals surface area contributed by atoms with Gasteiger partial charge in [-0.3, -0.25) is 9.59 Å². The first-order valence-electron chi connectivity index (χ1n) is 9.82. The van der Waals surface area contributed by atoms with Gasteiger partial charge in [0.15, 0.2) is 11.6 Å². The van der Waals surface area contributed by atoms with Crippen molar-refractivity contribution in [3.05, 3.63) is 59.4 Å². The molecule has 1 aliphatic rings. The molecule has 1 aliphatic heterocycles. The Morgan fingerprint density at radius 1 is 1.28 bits per heavy atom. The molecule has 0 bridgehead atoms. The van der Waals surface area contributed by atoms with Gasteiger partial charge in [-0.25, -0.2) is 4.39 Å². The van der Waals surface area contributed by atoms with E-state index in [9.17, 15) is 14.0 Å². The molecule has 154 valence electrons. The minimum atomic E-state index is -0.532. The highest BCUT2D eigenvalue weighted by atomic mass is 19.1. The van der Waals surface area contributed by atoms with Crippen molar-refractivity contribution < 1.29 is 23.5 Å². The molecule has 0 aromatic heterocycles. The molecule has 2 aromatic rings. The Bertz CT molecular complexity index is 898. The lowest BCUT2D eigenvalue weighted by atomic mass is 9.96. The first-order chi connectivity index (χ1) is 13.9. The molecule has 0 spiro atoms. The lowest BCUT2D eigenvalue weighted by molar-refractivity contribution is -0.149. The summed E-state index contributed by atoms with van der Waals surface area (Å²) in [6.07, 6.45) is 1.08. The Kier molecular flexibility index (Phi) is 6.52. The Morgan fingerprint density at radius 2 is 2.03 bits per heavy atom. The van der Waals surface area contributed by atoms with Gasteiger partial charge in [0.1, 0.15) is 6.61 Å². The maximum absolute atomic E-state index is 13.8. The van der Waals surface area contributed by atoms with Crippen molar-refractivity contribution in [1.29, 1.82) is 0 Å². The molecule has 2 aromatic carbocycles. The Hall–Kier alpha value is -2.89. The monoisotopic (exact) mass is 399 g/mol. The molecule has 0 N–H and O–H groups in total. The normalized spacial score (nSPS) is 17.3. The van der Waals surface area contributed by atoms with Crippen molar-refractivity contribution in [2.45, 2.75) is 39.2 Å². The van der Waals surface area contributed by atoms with Gasteiger partial charge in [-0.1, -0.05) is 38.1 Å². The third kappa shape index (κ3) is 4.58. The largest absolute Gasteiger partial charge is 0.494 e. The van der Waals surface area contributed by atoms with Gasteiger partial charge in [0.2, 0.25) is 5.91 Å². The molecule has 1 heterocycles. The van der Waals surface area contributed by atoms with E-state index in [1.54, 1.807) is 11.0 Å². The number of esters is 1. The average Bonchev–Trinajstić information content (AvgIpc) is 3.13. The fraction of sp³-hybridized carbons (Fsp3) is 0.391. The zero-order valence-electron chi connectivity index (χ0n) is 17.0. The van der Waals surface area contributed by atoms with Gasteiger partial charge < -0.3 is 14.4 Å². The first kappa shape index (κ1) is 20.8. The average molecular weight is 399 g/mol. The second kappa shape index (κ2) is 9.07. The smallest absolute Gasteiger partial charge is 0.311 e. The standard InChI is InChI=1S/C23H26FNO4/c1-4-15(2)18-7-5-6-8-20(18)25-13-17(12-22(25)26)23(27)29-14-16-9-10-21(28-3)19(24)11-16/h5-11,15,17H,4,12-14H2,1-3H3/t15-,17+/m1/s1. The summed E-state index contributed by atoms with van der Waals surface area (Å²) in [5, 5.41) is 0. The van der Waals surface area contributed by atoms with Crippen LogP contribution in [0.25, 0.3) is 0 Å². The van der Waals surface area contributed by atoms with Crippen LogP contribution in [0.4, 0.5) is 10.1 Å². The van der Waals surface area contributed by atoms with E-state index >= 15 is 0 Å². The number of carbonyl (C=O) groups is 2. The molecule has 1 fully saturated rings. The van der Waals surface area contributed by atoms with E-state index in [0.717, 1.165) is 17.7 Å². The van der Waals surface area contributed by atoms with Crippen molar-refractivity contribution in [2.24, 2.45) is 5.92 Å². The third-order valence-electron chi connectivity index (χ3n) is 5.43. The number of hydrogen-bond donors (Lipinski definition) is 0. The molecule has 2 atom stereocenters. The quantitative estimate of drug-likeness (QED) is 0.646. The number of hydrogen-bond acceptors (Lipinski definition) is 4. The molecule has 5 nitrogen and oxygen atoms in total. The predicted molar refractivity (Wildman–Crippen MR) is 108 cm³/mol. The number of amides is 1. The minimum Gasteiger partial charge on any atom is -0.494 e. The van der Waals surface area contributed by atoms with Crippen molar-refractivity contribution >= 4 is 17.6 Å². The van der Waals surface area contributed by atoms with Gasteiger partial charge in [-0.2, -0.15) is 0 Å². The summed E-state index contributed by atoms with van der Waals surface area (Å²) in [4.78, 5) is 26.8. The van der Waals surface area contributed by atoms with E-state index in [-0.39, 0.29) is 24.7 Å². The zero-order valence-corrected chi connectivity index (χ0v) is 17.0. The first-order valence-corrected chi connectivity index (χ1v) is 9.82. The van der Waals surface area contributed by atoms with Crippen LogP contribution in [0.3, 0.4) is 0 Å². The fourth-order valence-corrected chi connectivity index (χ4v) is 3.54. The molecule has 3 rings (SSSR count). The highest BCUT2D eigenvalue weighted by Crippen LogP contribution is 2.33. The van der Waals surface area contributed by atoms with E-state index < -0.39 is 17.7 Å². The van der Waals surface area contributed by atoms with Crippen LogP contribution in [0.5, 0.6) is 5.75 Å². The van der Waals surface area contributed by atoms with Gasteiger partial charge in [0.25, 0.3) is 0 Å². The molecule has 1 saturated heterocycles. The fourth-order valence-electron chi connectivity index (χ4n) is 3.54. The maximum Gasteiger partial charge on any atom is 0.311 e. The highest BCUT2D eigenvalue weighted by molar-refractivity contribution is 6.00. The Balaban J connectivity index is 1.66. The topological polar surface area (TPSA) is 55.8 Å². The van der Waals surface area contributed by atoms with Crippen LogP contribution in [0.1, 0.15) is 43.7 Å². The van der Waals surface area contributed by atoms with Gasteiger partial charge in [0, 0.05) is 18.7 Å². The molecule has 1 amide bonds. The number of methoxy groups -OCH3 is 1. The number of benzene rings is 2. The summed E-state index contributed by atoms with van der Waals surface area (Å²) in [7, 11) is 1.39. The van der Waals surface area contributed by atoms with Crippen LogP contribution in [0, 0.1) is 11.7 Å². The predicted octanol–water partition coefficient (Wildman–Crippen LogP) is 4.44. The van der Waals surface area contributed by atoms with E-state index in [1.807, 2.05) is 24.3 Å². The van der Waals surface area contributed by atoms with E-state index in [1.165, 1.54) is 19.2 Å². The summed E-state index contributed by atoms with van der Waals surface area (Å²) in [5.41, 5.74) is 2.49. The summed E-state index contributed by atoms with van der Waals surface area (Å²) in [5.74, 6) is -1.12. The van der Waals surface area contributed by atoms with Crippen LogP contribution in [0.15, 0.2) is 42.5 Å². The molecule has 29 heavy (non-hydrogen) atoms. The molecule has 0 saturated carbocycles. The molecule has 6 heteroatoms. The summed E-state index contributed by atoms with van der Waals surface area (Å²) in [6.45, 7) is 4.48. The summed E-state index contributed by atoms with van der Waals surface area (Å²) >= 11 is 0. The van der Waals surface area contributed by atoms with Crippen molar-refractivity contribution in [1.82, 2.24) is 0 Å². The second-order valence-electron chi connectivity index (χ2n) is 7.35. The number of ether oxygens (including phenoxy) is 2. The Morgan fingerprint density at radius 3 is 2.72 bits per heavy atom. The van der Waals surface area contributed by atoms with Crippen LogP contribution in [-0.4, -0.2) is 25.5 Å². The van der Waals surface area contributed by atoms with Gasteiger partial charge >= 0.3 is 5.97 Å². The van der Waals surface area contributed by atoms with Crippen molar-refractivity contribution in [3.63, 3.8) is 0 Å². The van der Waals surface area contributed by atoms with Crippen LogP contribution in [-0.2, 0) is 20.9 Å². The molecule has 0 aliphatic carbocycles. The number of halogens is 1. The number of carbonyl (C=O) groups excluding carboxylic acids is 2. The lowest BCUT2D eigenvalue weighted by Gasteiger charge is -2.23. The number of anilines is 1. The van der Waals surface area contributed by atoms with Gasteiger partial charge in [0.05, 0.1) is 13.0 Å². The summed E-state index contributed by atoms with van der Waals surface area (Å²) < 4.78 is 24.0. The zero-order chi connectivity index (χ0) is 21.0. The summed E-state index contributed by atoms with van der Waals surface area (Å²) in [6, 6.07) is 12.2. The SMILES string of the molecule is CC[C@@H](C)c1ccccc1N1C[C@@H](C(=O)OCc2ccc(OC)c(F)c2)CC1=O. The highest BCUT2D eigenvalue weighted by Gasteiger charge is 2.37. The lowest BCUT2D eigenvalue weighted by Crippen LogP contribution is -2.27. The van der Waals surface area contributed by atoms with Crippen LogP contribution >= 0.6 is 0 Å². The van der Waals surface area contributed by atoms with Crippen molar-refractivity contribution in [2.75, 3.05) is 18.6 Å². The molecular formula is C23H26FNO4. The van der Waals surface area contributed by atoms with Gasteiger partial charge in [-0.05, 0) is 41.7 Å². The van der Waals surface area contributed by atoms with E-state index in [2.05, 4.69) is 13.8 Å². The number of rotatable bonds is 7. The van der Waals surface area contributed by atoms with Crippen molar-refractivity contribution in [3.8, 4) is 5.75 Å². The van der Waals surface area contributed by atoms with Crippen LogP contribution < -0.4 is 9.64 Å². The molecule has 0 radical (unpaired) electrons. The molecular weight excluding hydrogens is 373 g/mol. The second-order valence-corrected chi connectivity index (χ2v) is 7.35.